The second-order valence-corrected chi connectivity index (χ2v) is 5.23. The van der Waals surface area contributed by atoms with Crippen LogP contribution in [0.3, 0.4) is 0 Å². The normalized spacial score (nSPS) is 29.6. The first-order chi connectivity index (χ1) is 7.06. The van der Waals surface area contributed by atoms with Gasteiger partial charge >= 0.3 is 5.97 Å². The molecule has 1 fully saturated rings. The first kappa shape index (κ1) is 10.7. The number of benzene rings is 1. The van der Waals surface area contributed by atoms with Crippen LogP contribution in [0.25, 0.3) is 0 Å². The van der Waals surface area contributed by atoms with Crippen molar-refractivity contribution in [3.63, 3.8) is 0 Å². The molecular weight excluding hydrogens is 256 g/mol. The van der Waals surface area contributed by atoms with Gasteiger partial charge in [-0.15, -0.1) is 0 Å². The van der Waals surface area contributed by atoms with Gasteiger partial charge in [0.15, 0.2) is 0 Å². The SMILES string of the molecule is CC1CC(C(=O)O)(c2ccccc2Br)C1. The molecular formula is C12H13BrO2. The molecule has 1 aliphatic carbocycles. The maximum Gasteiger partial charge on any atom is 0.314 e. The Morgan fingerprint density at radius 1 is 1.47 bits per heavy atom. The number of hydrogen-bond donors (Lipinski definition) is 1. The van der Waals surface area contributed by atoms with Crippen molar-refractivity contribution in [1.29, 1.82) is 0 Å². The van der Waals surface area contributed by atoms with Crippen molar-refractivity contribution >= 4 is 21.9 Å². The van der Waals surface area contributed by atoms with Crippen molar-refractivity contribution in [1.82, 2.24) is 0 Å². The summed E-state index contributed by atoms with van der Waals surface area (Å²) in [4.78, 5) is 11.4. The van der Waals surface area contributed by atoms with Crippen LogP contribution in [-0.4, -0.2) is 11.1 Å². The third-order valence-corrected chi connectivity index (χ3v) is 3.88. The summed E-state index contributed by atoms with van der Waals surface area (Å²) in [5.41, 5.74) is 0.259. The quantitative estimate of drug-likeness (QED) is 0.895. The average molecular weight is 269 g/mol. The molecule has 0 atom stereocenters. The lowest BCUT2D eigenvalue weighted by Gasteiger charge is -2.43. The zero-order chi connectivity index (χ0) is 11.1. The van der Waals surface area contributed by atoms with Crippen LogP contribution in [0.2, 0.25) is 0 Å². The topological polar surface area (TPSA) is 37.3 Å². The van der Waals surface area contributed by atoms with E-state index in [-0.39, 0.29) is 0 Å². The molecule has 0 aromatic heterocycles. The number of carbonyl (C=O) groups is 1. The number of carboxylic acids is 1. The minimum Gasteiger partial charge on any atom is -0.481 e. The van der Waals surface area contributed by atoms with Crippen LogP contribution in [0.1, 0.15) is 25.3 Å². The summed E-state index contributed by atoms with van der Waals surface area (Å²) in [5, 5.41) is 9.36. The van der Waals surface area contributed by atoms with Gasteiger partial charge in [0, 0.05) is 4.47 Å². The Labute approximate surface area is 97.4 Å². The predicted octanol–water partition coefficient (Wildman–Crippen LogP) is 3.20. The van der Waals surface area contributed by atoms with E-state index in [4.69, 9.17) is 0 Å². The molecule has 0 aliphatic heterocycles. The van der Waals surface area contributed by atoms with Gasteiger partial charge in [-0.05, 0) is 30.4 Å². The molecule has 15 heavy (non-hydrogen) atoms. The zero-order valence-corrected chi connectivity index (χ0v) is 10.1. The molecule has 80 valence electrons. The molecule has 2 rings (SSSR count). The summed E-state index contributed by atoms with van der Waals surface area (Å²) in [6.45, 7) is 2.10. The number of aliphatic carboxylic acids is 1. The zero-order valence-electron chi connectivity index (χ0n) is 8.53. The summed E-state index contributed by atoms with van der Waals surface area (Å²) in [5.74, 6) is -0.194. The van der Waals surface area contributed by atoms with E-state index in [1.165, 1.54) is 0 Å². The Hall–Kier alpha value is -0.830. The molecule has 0 bridgehead atoms. The fourth-order valence-electron chi connectivity index (χ4n) is 2.49. The van der Waals surface area contributed by atoms with Crippen LogP contribution in [0.15, 0.2) is 28.7 Å². The molecule has 3 heteroatoms. The second-order valence-electron chi connectivity index (χ2n) is 4.38. The van der Waals surface area contributed by atoms with Crippen LogP contribution in [0.5, 0.6) is 0 Å². The monoisotopic (exact) mass is 268 g/mol. The van der Waals surface area contributed by atoms with E-state index in [0.717, 1.165) is 22.9 Å². The molecule has 0 radical (unpaired) electrons. The van der Waals surface area contributed by atoms with Crippen LogP contribution in [0.4, 0.5) is 0 Å². The molecule has 1 aromatic rings. The van der Waals surface area contributed by atoms with Crippen LogP contribution in [-0.2, 0) is 10.2 Å². The predicted molar refractivity (Wildman–Crippen MR) is 61.9 cm³/mol. The van der Waals surface area contributed by atoms with Crippen LogP contribution < -0.4 is 0 Å². The molecule has 1 aliphatic rings. The lowest BCUT2D eigenvalue weighted by atomic mass is 9.59. The summed E-state index contributed by atoms with van der Waals surface area (Å²) in [6.07, 6.45) is 1.48. The van der Waals surface area contributed by atoms with E-state index in [9.17, 15) is 9.90 Å². The molecule has 0 saturated heterocycles. The second kappa shape index (κ2) is 3.63. The minimum absolute atomic E-state index is 0.508. The van der Waals surface area contributed by atoms with Crippen molar-refractivity contribution in [2.24, 2.45) is 5.92 Å². The van der Waals surface area contributed by atoms with E-state index in [2.05, 4.69) is 22.9 Å². The number of carboxylic acid groups (broad SMARTS) is 1. The molecule has 0 unspecified atom stereocenters. The summed E-state index contributed by atoms with van der Waals surface area (Å²) < 4.78 is 0.902. The van der Waals surface area contributed by atoms with Gasteiger partial charge in [0.05, 0.1) is 5.41 Å². The highest BCUT2D eigenvalue weighted by Crippen LogP contribution is 2.49. The number of halogens is 1. The van der Waals surface area contributed by atoms with E-state index in [1.807, 2.05) is 24.3 Å². The summed E-state index contributed by atoms with van der Waals surface area (Å²) in [6, 6.07) is 7.62. The van der Waals surface area contributed by atoms with Gasteiger partial charge in [0.25, 0.3) is 0 Å². The van der Waals surface area contributed by atoms with Crippen molar-refractivity contribution in [3.05, 3.63) is 34.3 Å². The van der Waals surface area contributed by atoms with Crippen LogP contribution in [0, 0.1) is 5.92 Å². The lowest BCUT2D eigenvalue weighted by molar-refractivity contribution is -0.149. The lowest BCUT2D eigenvalue weighted by Crippen LogP contribution is -2.47. The fourth-order valence-corrected chi connectivity index (χ4v) is 3.15. The van der Waals surface area contributed by atoms with E-state index in [0.29, 0.717) is 5.92 Å². The molecule has 0 spiro atoms. The van der Waals surface area contributed by atoms with Gasteiger partial charge in [-0.25, -0.2) is 0 Å². The maximum absolute atomic E-state index is 11.4. The van der Waals surface area contributed by atoms with Crippen molar-refractivity contribution in [2.75, 3.05) is 0 Å². The fraction of sp³-hybridized carbons (Fsp3) is 0.417. The highest BCUT2D eigenvalue weighted by Gasteiger charge is 2.50. The van der Waals surface area contributed by atoms with Crippen molar-refractivity contribution in [3.8, 4) is 0 Å². The van der Waals surface area contributed by atoms with Crippen molar-refractivity contribution < 1.29 is 9.90 Å². The van der Waals surface area contributed by atoms with E-state index >= 15 is 0 Å². The molecule has 0 heterocycles. The Morgan fingerprint density at radius 3 is 2.53 bits per heavy atom. The van der Waals surface area contributed by atoms with Gasteiger partial charge in [0.1, 0.15) is 0 Å². The van der Waals surface area contributed by atoms with Gasteiger partial charge in [0.2, 0.25) is 0 Å². The van der Waals surface area contributed by atoms with Gasteiger partial charge in [-0.3, -0.25) is 4.79 Å². The average Bonchev–Trinajstić information content (AvgIpc) is 2.13. The van der Waals surface area contributed by atoms with Crippen molar-refractivity contribution in [2.45, 2.75) is 25.2 Å². The minimum atomic E-state index is -0.701. The smallest absolute Gasteiger partial charge is 0.314 e. The molecule has 1 aromatic carbocycles. The highest BCUT2D eigenvalue weighted by molar-refractivity contribution is 9.10. The molecule has 1 saturated carbocycles. The third-order valence-electron chi connectivity index (χ3n) is 3.19. The van der Waals surface area contributed by atoms with E-state index in [1.54, 1.807) is 0 Å². The first-order valence-electron chi connectivity index (χ1n) is 5.05. The van der Waals surface area contributed by atoms with E-state index < -0.39 is 11.4 Å². The summed E-state index contributed by atoms with van der Waals surface area (Å²) in [7, 11) is 0. The number of hydrogen-bond acceptors (Lipinski definition) is 1. The third kappa shape index (κ3) is 1.59. The Balaban J connectivity index is 2.43. The highest BCUT2D eigenvalue weighted by atomic mass is 79.9. The molecule has 2 nitrogen and oxygen atoms in total. The first-order valence-corrected chi connectivity index (χ1v) is 5.84. The maximum atomic E-state index is 11.4. The summed E-state index contributed by atoms with van der Waals surface area (Å²) >= 11 is 3.43. The Morgan fingerprint density at radius 2 is 2.07 bits per heavy atom. The number of rotatable bonds is 2. The Kier molecular flexibility index (Phi) is 2.59. The molecule has 0 amide bonds. The molecule has 1 N–H and O–H groups in total. The standard InChI is InChI=1S/C12H13BrO2/c1-8-6-12(7-8,11(14)15)9-4-2-3-5-10(9)13/h2-5,8H,6-7H2,1H3,(H,14,15). The van der Waals surface area contributed by atoms with Gasteiger partial charge in [-0.1, -0.05) is 41.1 Å². The Bertz CT molecular complexity index is 394. The van der Waals surface area contributed by atoms with Gasteiger partial charge in [-0.2, -0.15) is 0 Å². The van der Waals surface area contributed by atoms with Crippen LogP contribution >= 0.6 is 15.9 Å². The van der Waals surface area contributed by atoms with Gasteiger partial charge < -0.3 is 5.11 Å². The largest absolute Gasteiger partial charge is 0.481 e.